The van der Waals surface area contributed by atoms with Crippen molar-refractivity contribution in [2.24, 2.45) is 0 Å². The molecule has 0 unspecified atom stereocenters. The van der Waals surface area contributed by atoms with Gasteiger partial charge in [0.25, 0.3) is 10.0 Å². The quantitative estimate of drug-likeness (QED) is 0.585. The van der Waals surface area contributed by atoms with Gasteiger partial charge in [0.15, 0.2) is 5.13 Å². The van der Waals surface area contributed by atoms with Crippen molar-refractivity contribution in [3.63, 3.8) is 0 Å². The predicted octanol–water partition coefficient (Wildman–Crippen LogP) is 4.54. The normalized spacial score (nSPS) is 15.2. The Labute approximate surface area is 184 Å². The van der Waals surface area contributed by atoms with Crippen molar-refractivity contribution in [3.8, 4) is 11.3 Å². The molecule has 3 aromatic rings. The molecule has 0 saturated carbocycles. The van der Waals surface area contributed by atoms with Gasteiger partial charge in [-0.1, -0.05) is 36.2 Å². The minimum atomic E-state index is -3.46. The van der Waals surface area contributed by atoms with Gasteiger partial charge >= 0.3 is 0 Å². The molecule has 0 aliphatic carbocycles. The Balaban J connectivity index is 1.39. The number of sulfonamides is 1. The van der Waals surface area contributed by atoms with Crippen LogP contribution >= 0.6 is 22.7 Å². The summed E-state index contributed by atoms with van der Waals surface area (Å²) < 4.78 is 27.4. The zero-order chi connectivity index (χ0) is 21.1. The minimum absolute atomic E-state index is 0.125. The van der Waals surface area contributed by atoms with Crippen LogP contribution in [0.3, 0.4) is 0 Å². The summed E-state index contributed by atoms with van der Waals surface area (Å²) >= 11 is 2.54. The van der Waals surface area contributed by atoms with Crippen LogP contribution in [0, 0.1) is 6.92 Å². The summed E-state index contributed by atoms with van der Waals surface area (Å²) in [5.41, 5.74) is 3.00. The lowest BCUT2D eigenvalue weighted by Crippen LogP contribution is -2.35. The summed E-state index contributed by atoms with van der Waals surface area (Å²) in [6, 6.07) is 11.4. The number of thiazole rings is 1. The van der Waals surface area contributed by atoms with Crippen LogP contribution in [0.2, 0.25) is 0 Å². The highest BCUT2D eigenvalue weighted by Crippen LogP contribution is 2.28. The third-order valence-corrected chi connectivity index (χ3v) is 9.19. The van der Waals surface area contributed by atoms with E-state index < -0.39 is 10.0 Å². The zero-order valence-electron chi connectivity index (χ0n) is 16.6. The number of hydrogen-bond donors (Lipinski definition) is 1. The second kappa shape index (κ2) is 8.97. The van der Waals surface area contributed by atoms with Crippen molar-refractivity contribution in [1.82, 2.24) is 9.29 Å². The Kier molecular flexibility index (Phi) is 6.33. The second-order valence-electron chi connectivity index (χ2n) is 7.31. The first-order chi connectivity index (χ1) is 14.4. The number of rotatable bonds is 6. The highest BCUT2D eigenvalue weighted by Gasteiger charge is 2.27. The Bertz CT molecular complexity index is 1130. The van der Waals surface area contributed by atoms with E-state index in [1.807, 2.05) is 36.6 Å². The van der Waals surface area contributed by atoms with Gasteiger partial charge < -0.3 is 5.32 Å². The van der Waals surface area contributed by atoms with Gasteiger partial charge in [-0.05, 0) is 31.9 Å². The van der Waals surface area contributed by atoms with E-state index in [0.29, 0.717) is 22.4 Å². The Hall–Kier alpha value is -2.07. The fourth-order valence-corrected chi connectivity index (χ4v) is 7.10. The number of anilines is 1. The molecule has 1 saturated heterocycles. The van der Waals surface area contributed by atoms with E-state index in [-0.39, 0.29) is 12.3 Å². The Morgan fingerprint density at radius 3 is 2.57 bits per heavy atom. The highest BCUT2D eigenvalue weighted by atomic mass is 32.2. The van der Waals surface area contributed by atoms with Gasteiger partial charge in [-0.3, -0.25) is 4.79 Å². The molecule has 1 aliphatic rings. The van der Waals surface area contributed by atoms with Crippen molar-refractivity contribution in [2.75, 3.05) is 18.4 Å². The van der Waals surface area contributed by atoms with Gasteiger partial charge in [-0.25, -0.2) is 13.4 Å². The summed E-state index contributed by atoms with van der Waals surface area (Å²) in [7, 11) is -3.46. The smallest absolute Gasteiger partial charge is 0.252 e. The molecule has 30 heavy (non-hydrogen) atoms. The van der Waals surface area contributed by atoms with Gasteiger partial charge in [0.05, 0.1) is 12.1 Å². The molecule has 6 nitrogen and oxygen atoms in total. The topological polar surface area (TPSA) is 79.4 Å². The second-order valence-corrected chi connectivity index (χ2v) is 11.5. The average Bonchev–Trinajstić information content (AvgIpc) is 3.39. The maximum absolute atomic E-state index is 12.8. The van der Waals surface area contributed by atoms with Crippen molar-refractivity contribution in [1.29, 1.82) is 0 Å². The number of thiophene rings is 1. The molecule has 0 bridgehead atoms. The van der Waals surface area contributed by atoms with Crippen LogP contribution in [-0.4, -0.2) is 36.7 Å². The summed E-state index contributed by atoms with van der Waals surface area (Å²) in [4.78, 5) is 17.6. The lowest BCUT2D eigenvalue weighted by Gasteiger charge is -2.25. The van der Waals surface area contributed by atoms with E-state index in [4.69, 9.17) is 0 Å². The highest BCUT2D eigenvalue weighted by molar-refractivity contribution is 7.91. The van der Waals surface area contributed by atoms with Crippen LogP contribution in [0.1, 0.15) is 29.7 Å². The van der Waals surface area contributed by atoms with Crippen LogP contribution in [0.4, 0.5) is 5.13 Å². The van der Waals surface area contributed by atoms with Crippen molar-refractivity contribution >= 4 is 43.7 Å². The largest absolute Gasteiger partial charge is 0.302 e. The fraction of sp³-hybridized carbons (Fsp3) is 0.333. The van der Waals surface area contributed by atoms with Gasteiger partial charge in [-0.2, -0.15) is 4.31 Å². The standard InChI is InChI=1S/C21H23N3O3S3/c1-15-5-7-16(8-6-15)18-14-28-21(22-18)23-19(25)13-17-9-10-20(29-17)30(26,27)24-11-3-2-4-12-24/h5-10,14H,2-4,11-13H2,1H3,(H,22,23,25). The lowest BCUT2D eigenvalue weighted by molar-refractivity contribution is -0.115. The number of hydrogen-bond acceptors (Lipinski definition) is 6. The molecule has 0 atom stereocenters. The molecule has 0 radical (unpaired) electrons. The molecule has 0 spiro atoms. The monoisotopic (exact) mass is 461 g/mol. The first kappa shape index (κ1) is 21.2. The first-order valence-electron chi connectivity index (χ1n) is 9.83. The van der Waals surface area contributed by atoms with E-state index in [2.05, 4.69) is 10.3 Å². The minimum Gasteiger partial charge on any atom is -0.302 e. The molecule has 1 aliphatic heterocycles. The number of aromatic nitrogens is 1. The van der Waals surface area contributed by atoms with Crippen LogP contribution in [0.5, 0.6) is 0 Å². The number of nitrogens with one attached hydrogen (secondary N) is 1. The molecule has 4 rings (SSSR count). The van der Waals surface area contributed by atoms with Crippen LogP contribution in [0.15, 0.2) is 46.0 Å². The van der Waals surface area contributed by atoms with Gasteiger partial charge in [0.1, 0.15) is 4.21 Å². The average molecular weight is 462 g/mol. The fourth-order valence-electron chi connectivity index (χ4n) is 3.33. The lowest BCUT2D eigenvalue weighted by atomic mass is 10.1. The molecule has 1 fully saturated rings. The maximum atomic E-state index is 12.8. The third kappa shape index (κ3) is 4.80. The summed E-state index contributed by atoms with van der Waals surface area (Å²) in [6.45, 7) is 3.18. The number of amides is 1. The molecule has 9 heteroatoms. The predicted molar refractivity (Wildman–Crippen MR) is 122 cm³/mol. The molecular weight excluding hydrogens is 438 g/mol. The molecule has 2 aromatic heterocycles. The van der Waals surface area contributed by atoms with Crippen LogP contribution in [-0.2, 0) is 21.2 Å². The van der Waals surface area contributed by atoms with E-state index >= 15 is 0 Å². The summed E-state index contributed by atoms with van der Waals surface area (Å²) in [5, 5.41) is 5.27. The maximum Gasteiger partial charge on any atom is 0.252 e. The van der Waals surface area contributed by atoms with Gasteiger partial charge in [0.2, 0.25) is 5.91 Å². The molecule has 1 N–H and O–H groups in total. The Morgan fingerprint density at radius 2 is 1.83 bits per heavy atom. The van der Waals surface area contributed by atoms with Gasteiger partial charge in [0, 0.05) is 28.9 Å². The third-order valence-electron chi connectivity index (χ3n) is 4.98. The molecule has 158 valence electrons. The zero-order valence-corrected chi connectivity index (χ0v) is 19.1. The number of carbonyl (C=O) groups is 1. The summed E-state index contributed by atoms with van der Waals surface area (Å²) in [6.07, 6.45) is 3.00. The molecular formula is C21H23N3O3S3. The Morgan fingerprint density at radius 1 is 1.10 bits per heavy atom. The molecule has 1 aromatic carbocycles. The van der Waals surface area contributed by atoms with E-state index in [1.165, 1.54) is 28.2 Å². The number of benzene rings is 1. The van der Waals surface area contributed by atoms with E-state index in [0.717, 1.165) is 35.4 Å². The number of nitrogens with zero attached hydrogens (tertiary/aromatic N) is 2. The molecule has 3 heterocycles. The number of aryl methyl sites for hydroxylation is 1. The SMILES string of the molecule is Cc1ccc(-c2csc(NC(=O)Cc3ccc(S(=O)(=O)N4CCCCC4)s3)n2)cc1. The van der Waals surface area contributed by atoms with Crippen molar-refractivity contribution in [2.45, 2.75) is 36.8 Å². The van der Waals surface area contributed by atoms with Crippen molar-refractivity contribution in [3.05, 3.63) is 52.2 Å². The summed E-state index contributed by atoms with van der Waals surface area (Å²) in [5.74, 6) is -0.205. The number of piperidine rings is 1. The molecule has 1 amide bonds. The van der Waals surface area contributed by atoms with E-state index in [9.17, 15) is 13.2 Å². The van der Waals surface area contributed by atoms with Gasteiger partial charge in [-0.15, -0.1) is 22.7 Å². The van der Waals surface area contributed by atoms with Crippen molar-refractivity contribution < 1.29 is 13.2 Å². The van der Waals surface area contributed by atoms with Crippen LogP contribution in [0.25, 0.3) is 11.3 Å². The van der Waals surface area contributed by atoms with E-state index in [1.54, 1.807) is 16.4 Å². The van der Waals surface area contributed by atoms with Crippen LogP contribution < -0.4 is 5.32 Å². The first-order valence-corrected chi connectivity index (χ1v) is 13.0. The number of carbonyl (C=O) groups excluding carboxylic acids is 1.